The van der Waals surface area contributed by atoms with Gasteiger partial charge in [0.25, 0.3) is 0 Å². The summed E-state index contributed by atoms with van der Waals surface area (Å²) in [7, 11) is 0. The van der Waals surface area contributed by atoms with E-state index in [0.717, 1.165) is 58.3 Å². The zero-order chi connectivity index (χ0) is 40.8. The van der Waals surface area contributed by atoms with Crippen LogP contribution in [0.25, 0.3) is 11.1 Å². The molecule has 0 unspecified atom stereocenters. The second-order valence-corrected chi connectivity index (χ2v) is 17.1. The maximum Gasteiger partial charge on any atom is 0.134 e. The Bertz CT molecular complexity index is 2210. The highest BCUT2D eigenvalue weighted by atomic mass is 16.5. The molecule has 0 bridgehead atoms. The van der Waals surface area contributed by atoms with Crippen LogP contribution in [0, 0.1) is 0 Å². The van der Waals surface area contributed by atoms with Crippen molar-refractivity contribution in [2.45, 2.75) is 111 Å². The van der Waals surface area contributed by atoms with Gasteiger partial charge in [0.15, 0.2) is 0 Å². The summed E-state index contributed by atoms with van der Waals surface area (Å²) in [4.78, 5) is 0. The largest absolute Gasteiger partial charge is 0.456 e. The molecule has 0 fully saturated rings. The molecule has 7 rings (SSSR count). The van der Waals surface area contributed by atoms with E-state index in [1.165, 1.54) is 55.6 Å². The molecule has 1 aliphatic rings. The molecule has 0 aliphatic heterocycles. The molecule has 0 saturated carbocycles. The van der Waals surface area contributed by atoms with Gasteiger partial charge in [-0.3, -0.25) is 0 Å². The highest BCUT2D eigenvalue weighted by molar-refractivity contribution is 5.87. The molecule has 0 aromatic heterocycles. The Labute approximate surface area is 341 Å². The molecule has 0 saturated heterocycles. The van der Waals surface area contributed by atoms with Crippen molar-refractivity contribution >= 4 is 11.4 Å². The molecular weight excluding hydrogens is 697 g/mol. The number of hydrogen-bond acceptors (Lipinski definition) is 4. The average Bonchev–Trinajstić information content (AvgIpc) is 3.49. The van der Waals surface area contributed by atoms with Crippen LogP contribution in [0.2, 0.25) is 0 Å². The van der Waals surface area contributed by atoms with E-state index >= 15 is 0 Å². The van der Waals surface area contributed by atoms with Crippen LogP contribution in [-0.2, 0) is 18.3 Å². The summed E-state index contributed by atoms with van der Waals surface area (Å²) in [5, 5.41) is 0. The van der Waals surface area contributed by atoms with Gasteiger partial charge in [0, 0.05) is 11.4 Å². The summed E-state index contributed by atoms with van der Waals surface area (Å²) < 4.78 is 14.1. The lowest BCUT2D eigenvalue weighted by atomic mass is 9.65. The maximum atomic E-state index is 7.06. The van der Waals surface area contributed by atoms with Gasteiger partial charge in [0.1, 0.15) is 23.0 Å². The molecule has 0 radical (unpaired) electrons. The van der Waals surface area contributed by atoms with E-state index < -0.39 is 5.41 Å². The lowest BCUT2D eigenvalue weighted by Crippen LogP contribution is -2.30. The molecule has 0 atom stereocenters. The monoisotopic (exact) mass is 756 g/mol. The summed E-state index contributed by atoms with van der Waals surface area (Å²) in [6.45, 7) is 22.6. The molecule has 6 aromatic carbocycles. The van der Waals surface area contributed by atoms with Crippen LogP contribution in [0.5, 0.6) is 23.0 Å². The quantitative estimate of drug-likeness (QED) is 0.122. The van der Waals surface area contributed by atoms with Crippen LogP contribution in [-0.4, -0.2) is 0 Å². The van der Waals surface area contributed by atoms with Crippen molar-refractivity contribution in [1.29, 1.82) is 0 Å². The fraction of sp³-hybridized carbons (Fsp3) is 0.321. The minimum atomic E-state index is -0.615. The summed E-state index contributed by atoms with van der Waals surface area (Å²) in [6, 6.07) is 39.9. The topological polar surface area (TPSA) is 70.5 Å². The van der Waals surface area contributed by atoms with E-state index in [2.05, 4.69) is 142 Å². The van der Waals surface area contributed by atoms with Crippen molar-refractivity contribution in [2.75, 3.05) is 11.5 Å². The first-order valence-electron chi connectivity index (χ1n) is 21.0. The first-order valence-corrected chi connectivity index (χ1v) is 21.0. The molecule has 0 amide bonds. The molecule has 4 N–H and O–H groups in total. The smallest absolute Gasteiger partial charge is 0.134 e. The van der Waals surface area contributed by atoms with Gasteiger partial charge >= 0.3 is 0 Å². The number of hydrogen-bond donors (Lipinski definition) is 2. The number of nitrogen functional groups attached to an aromatic ring is 2. The maximum absolute atomic E-state index is 7.06. The van der Waals surface area contributed by atoms with Crippen molar-refractivity contribution < 1.29 is 9.47 Å². The highest BCUT2D eigenvalue weighted by Gasteiger charge is 2.47. The summed E-state index contributed by atoms with van der Waals surface area (Å²) in [6.07, 6.45) is 1.66. The number of aryl methyl sites for hydroxylation is 2. The molecule has 294 valence electrons. The van der Waals surface area contributed by atoms with Gasteiger partial charge in [0.05, 0.1) is 5.41 Å². The fourth-order valence-corrected chi connectivity index (χ4v) is 8.93. The molecule has 0 spiro atoms. The van der Waals surface area contributed by atoms with Crippen molar-refractivity contribution in [3.8, 4) is 34.1 Å². The first kappa shape index (κ1) is 39.7. The molecule has 4 nitrogen and oxygen atoms in total. The van der Waals surface area contributed by atoms with E-state index in [0.29, 0.717) is 0 Å². The predicted molar refractivity (Wildman–Crippen MR) is 241 cm³/mol. The zero-order valence-electron chi connectivity index (χ0n) is 35.6. The molecule has 57 heavy (non-hydrogen) atoms. The highest BCUT2D eigenvalue weighted by Crippen LogP contribution is 2.59. The minimum Gasteiger partial charge on any atom is -0.456 e. The molecule has 0 heterocycles. The number of ether oxygens (including phenoxy) is 2. The van der Waals surface area contributed by atoms with Gasteiger partial charge in [-0.1, -0.05) is 142 Å². The van der Waals surface area contributed by atoms with Crippen molar-refractivity contribution in [1.82, 2.24) is 0 Å². The van der Waals surface area contributed by atoms with Crippen molar-refractivity contribution in [2.24, 2.45) is 0 Å². The number of nitrogens with two attached hydrogens (primary N) is 2. The standard InChI is InChI=1S/C53H60N2O2/c1-11-35-25-39(54)21-23-49(35)56-51-43(31(3)4)27-37(28-44(51)32(5)6)53(47-19-15-13-17-41(47)42-18-14-16-20-48(42)53)38-29-45(33(7)8)52(46(30-38)34(9)10)57-50-24-22-40(55)26-36(50)12-2/h13-34H,11-12,54-55H2,1-10H3. The Hall–Kier alpha value is -5.48. The number of anilines is 2. The SMILES string of the molecule is CCc1cc(N)ccc1Oc1c(C(C)C)cc(C2(c3cc(C(C)C)c(Oc4ccc(N)cc4CC)c(C(C)C)c3)c3ccccc3-c3ccccc32)cc1C(C)C. The van der Waals surface area contributed by atoms with E-state index in [-0.39, 0.29) is 23.7 Å². The van der Waals surface area contributed by atoms with Crippen LogP contribution in [0.4, 0.5) is 11.4 Å². The summed E-state index contributed by atoms with van der Waals surface area (Å²) >= 11 is 0. The first-order chi connectivity index (χ1) is 27.3. The molecule has 1 aliphatic carbocycles. The van der Waals surface area contributed by atoms with E-state index in [4.69, 9.17) is 20.9 Å². The lowest BCUT2D eigenvalue weighted by molar-refractivity contribution is 0.457. The molecule has 6 aromatic rings. The van der Waals surface area contributed by atoms with Gasteiger partial charge in [0.2, 0.25) is 0 Å². The lowest BCUT2D eigenvalue weighted by Gasteiger charge is -2.37. The number of benzene rings is 6. The van der Waals surface area contributed by atoms with E-state index in [1.54, 1.807) is 0 Å². The minimum absolute atomic E-state index is 0.196. The predicted octanol–water partition coefficient (Wildman–Crippen LogP) is 14.4. The van der Waals surface area contributed by atoms with Crippen LogP contribution in [0.3, 0.4) is 0 Å². The average molecular weight is 757 g/mol. The Balaban J connectivity index is 1.57. The Morgan fingerprint density at radius 2 is 0.789 bits per heavy atom. The van der Waals surface area contributed by atoms with E-state index in [9.17, 15) is 0 Å². The molecular formula is C53H60N2O2. The van der Waals surface area contributed by atoms with Gasteiger partial charge in [-0.25, -0.2) is 0 Å². The van der Waals surface area contributed by atoms with E-state index in [1.807, 2.05) is 36.4 Å². The summed E-state index contributed by atoms with van der Waals surface area (Å²) in [5.41, 5.74) is 28.0. The van der Waals surface area contributed by atoms with Gasteiger partial charge in [-0.2, -0.15) is 0 Å². The second kappa shape index (κ2) is 15.8. The third-order valence-electron chi connectivity index (χ3n) is 12.0. The molecule has 4 heteroatoms. The van der Waals surface area contributed by atoms with Crippen molar-refractivity contribution in [3.63, 3.8) is 0 Å². The van der Waals surface area contributed by atoms with Gasteiger partial charge < -0.3 is 20.9 Å². The summed E-state index contributed by atoms with van der Waals surface area (Å²) in [5.74, 6) is 4.40. The van der Waals surface area contributed by atoms with Gasteiger partial charge in [-0.05, 0) is 140 Å². The number of rotatable bonds is 12. The van der Waals surface area contributed by atoms with Gasteiger partial charge in [-0.15, -0.1) is 0 Å². The van der Waals surface area contributed by atoms with Crippen LogP contribution in [0.15, 0.2) is 109 Å². The third kappa shape index (κ3) is 6.98. The Morgan fingerprint density at radius 1 is 0.456 bits per heavy atom. The Morgan fingerprint density at radius 3 is 1.11 bits per heavy atom. The fourth-order valence-electron chi connectivity index (χ4n) is 8.93. The van der Waals surface area contributed by atoms with Crippen LogP contribution >= 0.6 is 0 Å². The second-order valence-electron chi connectivity index (χ2n) is 17.1. The van der Waals surface area contributed by atoms with Crippen molar-refractivity contribution in [3.05, 3.63) is 165 Å². The zero-order valence-corrected chi connectivity index (χ0v) is 35.6. The normalized spacial score (nSPS) is 13.1. The van der Waals surface area contributed by atoms with Crippen LogP contribution in [0.1, 0.15) is 149 Å². The Kier molecular flexibility index (Phi) is 11.0. The van der Waals surface area contributed by atoms with Crippen LogP contribution < -0.4 is 20.9 Å². The number of fused-ring (bicyclic) bond motifs is 3. The third-order valence-corrected chi connectivity index (χ3v) is 12.0.